The van der Waals surface area contributed by atoms with Crippen molar-refractivity contribution in [2.24, 2.45) is 11.7 Å². The van der Waals surface area contributed by atoms with E-state index in [1.165, 1.54) is 0 Å². The monoisotopic (exact) mass is 265 g/mol. The Kier molecular flexibility index (Phi) is 6.18. The van der Waals surface area contributed by atoms with Crippen LogP contribution in [-0.4, -0.2) is 49.1 Å². The van der Waals surface area contributed by atoms with Gasteiger partial charge in [0.2, 0.25) is 17.5 Å². The molecule has 108 valence electrons. The van der Waals surface area contributed by atoms with Crippen LogP contribution in [-0.2, 0) is 4.79 Å². The fourth-order valence-corrected chi connectivity index (χ4v) is 1.81. The third-order valence-electron chi connectivity index (χ3n) is 2.97. The van der Waals surface area contributed by atoms with Gasteiger partial charge in [0.15, 0.2) is 0 Å². The topological polar surface area (TPSA) is 144 Å². The highest BCUT2D eigenvalue weighted by atomic mass is 16.6. The molecule has 0 aliphatic heterocycles. The molecule has 0 aliphatic carbocycles. The molecule has 0 fully saturated rings. The highest BCUT2D eigenvalue weighted by molar-refractivity contribution is 5.77. The Labute approximate surface area is 106 Å². The first kappa shape index (κ1) is 17.3. The van der Waals surface area contributed by atoms with Gasteiger partial charge in [-0.25, -0.2) is 0 Å². The first-order chi connectivity index (χ1) is 8.12. The Morgan fingerprint density at radius 3 is 1.83 bits per heavy atom. The van der Waals surface area contributed by atoms with Crippen LogP contribution >= 0.6 is 0 Å². The van der Waals surface area contributed by atoms with Crippen molar-refractivity contribution in [2.75, 3.05) is 0 Å². The number of hydrogen-bond donors (Lipinski definition) is 6. The Balaban J connectivity index is 5.23. The summed E-state index contributed by atoms with van der Waals surface area (Å²) >= 11 is 0. The third-order valence-corrected chi connectivity index (χ3v) is 2.97. The number of aliphatic hydroxyl groups is 5. The van der Waals surface area contributed by atoms with Crippen LogP contribution in [0.5, 0.6) is 0 Å². The van der Waals surface area contributed by atoms with Crippen LogP contribution in [0.4, 0.5) is 0 Å². The first-order valence-corrected chi connectivity index (χ1v) is 5.99. The largest absolute Gasteiger partial charge is 0.387 e. The van der Waals surface area contributed by atoms with Crippen molar-refractivity contribution < 1.29 is 30.3 Å². The summed E-state index contributed by atoms with van der Waals surface area (Å²) < 4.78 is 0. The number of nitrogens with two attached hydrogens (primary N) is 1. The number of aliphatic hydroxyl groups excluding tert-OH is 1. The van der Waals surface area contributed by atoms with E-state index in [4.69, 9.17) is 5.73 Å². The predicted octanol–water partition coefficient (Wildman–Crippen LogP) is -1.59. The molecule has 0 saturated heterocycles. The van der Waals surface area contributed by atoms with Crippen molar-refractivity contribution in [3.05, 3.63) is 0 Å². The molecule has 0 aromatic heterocycles. The summed E-state index contributed by atoms with van der Waals surface area (Å²) in [6.45, 7) is 3.35. The van der Waals surface area contributed by atoms with Gasteiger partial charge in [0.05, 0.1) is 5.92 Å². The van der Waals surface area contributed by atoms with Crippen molar-refractivity contribution in [3.8, 4) is 0 Å². The molecule has 2 unspecified atom stereocenters. The minimum absolute atomic E-state index is 0.0377. The second kappa shape index (κ2) is 6.44. The Morgan fingerprint density at radius 2 is 1.50 bits per heavy atom. The van der Waals surface area contributed by atoms with E-state index in [1.807, 2.05) is 0 Å². The van der Waals surface area contributed by atoms with Crippen LogP contribution < -0.4 is 5.73 Å². The predicted molar refractivity (Wildman–Crippen MR) is 62.8 cm³/mol. The van der Waals surface area contributed by atoms with Gasteiger partial charge < -0.3 is 31.3 Å². The number of primary amides is 1. The highest BCUT2D eigenvalue weighted by Gasteiger charge is 2.58. The van der Waals surface area contributed by atoms with Crippen LogP contribution in [0, 0.1) is 5.92 Å². The lowest BCUT2D eigenvalue weighted by atomic mass is 9.83. The number of hydrogen-bond acceptors (Lipinski definition) is 6. The molecule has 7 N–H and O–H groups in total. The average molecular weight is 265 g/mol. The maximum absolute atomic E-state index is 11.2. The molecule has 0 spiro atoms. The van der Waals surface area contributed by atoms with Crippen LogP contribution in [0.25, 0.3) is 0 Å². The highest BCUT2D eigenvalue weighted by Crippen LogP contribution is 2.32. The Hall–Kier alpha value is -0.730. The summed E-state index contributed by atoms with van der Waals surface area (Å²) in [4.78, 5) is 11.2. The van der Waals surface area contributed by atoms with Gasteiger partial charge in [-0.05, 0) is 12.8 Å². The maximum Gasteiger partial charge on any atom is 0.246 e. The third kappa shape index (κ3) is 3.39. The summed E-state index contributed by atoms with van der Waals surface area (Å²) in [5, 5.41) is 48.5. The fraction of sp³-hybridized carbons (Fsp3) is 0.909. The van der Waals surface area contributed by atoms with Crippen molar-refractivity contribution in [3.63, 3.8) is 0 Å². The second-order valence-electron chi connectivity index (χ2n) is 4.50. The molecule has 0 bridgehead atoms. The summed E-state index contributed by atoms with van der Waals surface area (Å²) in [6.07, 6.45) is -1.11. The number of amides is 1. The minimum Gasteiger partial charge on any atom is -0.387 e. The molecule has 7 heteroatoms. The van der Waals surface area contributed by atoms with Crippen LogP contribution in [0.3, 0.4) is 0 Å². The van der Waals surface area contributed by atoms with E-state index >= 15 is 0 Å². The summed E-state index contributed by atoms with van der Waals surface area (Å²) in [5.74, 6) is -9.08. The van der Waals surface area contributed by atoms with E-state index in [-0.39, 0.29) is 12.8 Å². The van der Waals surface area contributed by atoms with E-state index in [1.54, 1.807) is 13.8 Å². The molecule has 18 heavy (non-hydrogen) atoms. The molecule has 0 heterocycles. The molecule has 0 aromatic rings. The molecule has 7 nitrogen and oxygen atoms in total. The van der Waals surface area contributed by atoms with Crippen LogP contribution in [0.1, 0.15) is 39.5 Å². The molecule has 0 aromatic carbocycles. The zero-order valence-electron chi connectivity index (χ0n) is 10.7. The second-order valence-corrected chi connectivity index (χ2v) is 4.50. The lowest BCUT2D eigenvalue weighted by molar-refractivity contribution is -0.397. The molecule has 1 amide bonds. The van der Waals surface area contributed by atoms with E-state index < -0.39 is 29.5 Å². The van der Waals surface area contributed by atoms with Crippen molar-refractivity contribution in [2.45, 2.75) is 57.2 Å². The standard InChI is InChI=1S/C11H23NO6/c1-3-5-7(9(12)14)10(15,16)11(17,18)8(13)6-4-2/h7-8,13,15-18H,3-6H2,1-2H3,(H2,12,14). The average Bonchev–Trinajstić information content (AvgIpc) is 2.25. The maximum atomic E-state index is 11.2. The van der Waals surface area contributed by atoms with Gasteiger partial charge in [-0.1, -0.05) is 26.7 Å². The smallest absolute Gasteiger partial charge is 0.246 e. The number of carbonyl (C=O) groups excluding carboxylic acids is 1. The SMILES string of the molecule is CCCC(O)C(O)(O)C(O)(O)C(CCC)C(N)=O. The molecule has 0 rings (SSSR count). The van der Waals surface area contributed by atoms with Gasteiger partial charge in [0.1, 0.15) is 6.10 Å². The summed E-state index contributed by atoms with van der Waals surface area (Å²) in [7, 11) is 0. The summed E-state index contributed by atoms with van der Waals surface area (Å²) in [5.41, 5.74) is 5.02. The lowest BCUT2D eigenvalue weighted by Gasteiger charge is -2.41. The van der Waals surface area contributed by atoms with Gasteiger partial charge >= 0.3 is 0 Å². The van der Waals surface area contributed by atoms with E-state index in [9.17, 15) is 30.3 Å². The number of carbonyl (C=O) groups is 1. The molecule has 0 radical (unpaired) electrons. The summed E-state index contributed by atoms with van der Waals surface area (Å²) in [6, 6.07) is 0. The van der Waals surface area contributed by atoms with E-state index in [2.05, 4.69) is 0 Å². The van der Waals surface area contributed by atoms with Crippen LogP contribution in [0.2, 0.25) is 0 Å². The molecule has 0 saturated carbocycles. The van der Waals surface area contributed by atoms with Crippen molar-refractivity contribution in [1.82, 2.24) is 0 Å². The Morgan fingerprint density at radius 1 is 1.06 bits per heavy atom. The van der Waals surface area contributed by atoms with Gasteiger partial charge in [-0.3, -0.25) is 4.79 Å². The van der Waals surface area contributed by atoms with E-state index in [0.717, 1.165) is 0 Å². The molecule has 2 atom stereocenters. The Bertz CT molecular complexity index is 279. The minimum atomic E-state index is -3.22. The van der Waals surface area contributed by atoms with Crippen LogP contribution in [0.15, 0.2) is 0 Å². The number of rotatable bonds is 8. The molecule has 0 aliphatic rings. The van der Waals surface area contributed by atoms with Gasteiger partial charge in [-0.2, -0.15) is 0 Å². The zero-order chi connectivity index (χ0) is 14.6. The normalized spacial score (nSPS) is 16.4. The quantitative estimate of drug-likeness (QED) is 0.292. The van der Waals surface area contributed by atoms with E-state index in [0.29, 0.717) is 12.8 Å². The van der Waals surface area contributed by atoms with Crippen molar-refractivity contribution >= 4 is 5.91 Å². The van der Waals surface area contributed by atoms with Gasteiger partial charge in [-0.15, -0.1) is 0 Å². The lowest BCUT2D eigenvalue weighted by Crippen LogP contribution is -2.66. The first-order valence-electron chi connectivity index (χ1n) is 5.99. The molecular weight excluding hydrogens is 242 g/mol. The fourth-order valence-electron chi connectivity index (χ4n) is 1.81. The zero-order valence-corrected chi connectivity index (χ0v) is 10.7. The van der Waals surface area contributed by atoms with Gasteiger partial charge in [0.25, 0.3) is 0 Å². The van der Waals surface area contributed by atoms with Crippen molar-refractivity contribution in [1.29, 1.82) is 0 Å². The van der Waals surface area contributed by atoms with Gasteiger partial charge in [0, 0.05) is 0 Å². The molecular formula is C11H23NO6.